The Hall–Kier alpha value is -2.53. The summed E-state index contributed by atoms with van der Waals surface area (Å²) in [7, 11) is 0. The molecule has 4 rings (SSSR count). The number of benzene rings is 2. The van der Waals surface area contributed by atoms with Crippen LogP contribution >= 0.6 is 11.6 Å². The third-order valence-corrected chi connectivity index (χ3v) is 4.99. The quantitative estimate of drug-likeness (QED) is 0.743. The predicted octanol–water partition coefficient (Wildman–Crippen LogP) is 4.35. The fourth-order valence-electron chi connectivity index (χ4n) is 3.45. The number of halogens is 1. The van der Waals surface area contributed by atoms with E-state index in [4.69, 9.17) is 16.3 Å². The number of para-hydroxylation sites is 2. The Morgan fingerprint density at radius 3 is 2.81 bits per heavy atom. The van der Waals surface area contributed by atoms with Gasteiger partial charge in [0.05, 0.1) is 17.1 Å². The molecule has 5 nitrogen and oxygen atoms in total. The highest BCUT2D eigenvalue weighted by Gasteiger charge is 2.35. The second-order valence-corrected chi connectivity index (χ2v) is 6.98. The number of ether oxygens (including phenoxy) is 1. The molecule has 1 fully saturated rings. The summed E-state index contributed by atoms with van der Waals surface area (Å²) in [5.41, 5.74) is 1.92. The number of amides is 1. The molecule has 1 amide bonds. The first-order valence-corrected chi connectivity index (χ1v) is 9.17. The maximum atomic E-state index is 12.9. The molecule has 0 bridgehead atoms. The summed E-state index contributed by atoms with van der Waals surface area (Å²) in [5.74, 6) is 1.45. The van der Waals surface area contributed by atoms with E-state index in [0.29, 0.717) is 10.8 Å². The number of aromatic nitrogens is 2. The van der Waals surface area contributed by atoms with Crippen LogP contribution < -0.4 is 4.74 Å². The molecule has 0 saturated carbocycles. The first kappa shape index (κ1) is 16.9. The van der Waals surface area contributed by atoms with Crippen molar-refractivity contribution in [3.05, 3.63) is 59.4 Å². The monoisotopic (exact) mass is 369 g/mol. The Morgan fingerprint density at radius 2 is 2.04 bits per heavy atom. The molecule has 134 valence electrons. The summed E-state index contributed by atoms with van der Waals surface area (Å²) < 4.78 is 5.81. The molecule has 0 radical (unpaired) electrons. The van der Waals surface area contributed by atoms with Crippen LogP contribution in [0.2, 0.25) is 5.02 Å². The minimum Gasteiger partial charge on any atom is -0.481 e. The molecule has 1 aromatic heterocycles. The van der Waals surface area contributed by atoms with Crippen molar-refractivity contribution in [1.29, 1.82) is 0 Å². The number of likely N-dealkylation sites (tertiary alicyclic amines) is 1. The standard InChI is InChI=1S/C20H20ClN3O2/c1-13(26-15-10-8-14(21)9-11-15)20(25)24-12-4-7-18(24)19-22-16-5-2-3-6-17(16)23-19/h2-3,5-6,8-11,13,18H,4,7,12H2,1H3,(H,22,23). The van der Waals surface area contributed by atoms with Crippen LogP contribution in [0.3, 0.4) is 0 Å². The van der Waals surface area contributed by atoms with Crippen molar-refractivity contribution < 1.29 is 9.53 Å². The van der Waals surface area contributed by atoms with Crippen molar-refractivity contribution in [3.63, 3.8) is 0 Å². The van der Waals surface area contributed by atoms with Gasteiger partial charge in [-0.15, -0.1) is 0 Å². The molecular weight excluding hydrogens is 350 g/mol. The number of carbonyl (C=O) groups excluding carboxylic acids is 1. The van der Waals surface area contributed by atoms with Crippen molar-refractivity contribution in [3.8, 4) is 5.75 Å². The van der Waals surface area contributed by atoms with E-state index < -0.39 is 6.10 Å². The molecule has 1 N–H and O–H groups in total. The highest BCUT2D eigenvalue weighted by atomic mass is 35.5. The Labute approximate surface area is 156 Å². The zero-order valence-electron chi connectivity index (χ0n) is 14.5. The lowest BCUT2D eigenvalue weighted by molar-refractivity contribution is -0.139. The number of hydrogen-bond donors (Lipinski definition) is 1. The van der Waals surface area contributed by atoms with Crippen LogP contribution in [0.15, 0.2) is 48.5 Å². The average Bonchev–Trinajstić information content (AvgIpc) is 3.29. The summed E-state index contributed by atoms with van der Waals surface area (Å²) in [6.07, 6.45) is 1.29. The van der Waals surface area contributed by atoms with E-state index in [1.54, 1.807) is 31.2 Å². The summed E-state index contributed by atoms with van der Waals surface area (Å²) in [6, 6.07) is 14.9. The summed E-state index contributed by atoms with van der Waals surface area (Å²) >= 11 is 5.89. The minimum atomic E-state index is -0.568. The van der Waals surface area contributed by atoms with Gasteiger partial charge in [-0.2, -0.15) is 0 Å². The molecule has 2 heterocycles. The lowest BCUT2D eigenvalue weighted by Crippen LogP contribution is -2.40. The minimum absolute atomic E-state index is 0.0251. The molecule has 1 aliphatic rings. The van der Waals surface area contributed by atoms with Gasteiger partial charge in [-0.25, -0.2) is 4.98 Å². The predicted molar refractivity (Wildman–Crippen MR) is 101 cm³/mol. The van der Waals surface area contributed by atoms with Gasteiger partial charge in [0.2, 0.25) is 0 Å². The van der Waals surface area contributed by atoms with Crippen LogP contribution in [0, 0.1) is 0 Å². The van der Waals surface area contributed by atoms with Gasteiger partial charge in [-0.05, 0) is 56.2 Å². The molecule has 3 aromatic rings. The third-order valence-electron chi connectivity index (χ3n) is 4.73. The van der Waals surface area contributed by atoms with Crippen molar-refractivity contribution in [2.75, 3.05) is 6.54 Å². The van der Waals surface area contributed by atoms with E-state index >= 15 is 0 Å². The normalized spacial score (nSPS) is 18.2. The Bertz CT molecular complexity index is 889. The second kappa shape index (κ2) is 7.00. The van der Waals surface area contributed by atoms with E-state index in [2.05, 4.69) is 9.97 Å². The lowest BCUT2D eigenvalue weighted by atomic mass is 10.2. The second-order valence-electron chi connectivity index (χ2n) is 6.54. The van der Waals surface area contributed by atoms with Crippen LogP contribution in [0.1, 0.15) is 31.6 Å². The summed E-state index contributed by atoms with van der Waals surface area (Å²) in [4.78, 5) is 22.9. The Kier molecular flexibility index (Phi) is 4.55. The molecule has 2 unspecified atom stereocenters. The van der Waals surface area contributed by atoms with E-state index in [-0.39, 0.29) is 11.9 Å². The van der Waals surface area contributed by atoms with Gasteiger partial charge in [-0.1, -0.05) is 23.7 Å². The maximum absolute atomic E-state index is 12.9. The first-order chi connectivity index (χ1) is 12.6. The highest BCUT2D eigenvalue weighted by molar-refractivity contribution is 6.30. The van der Waals surface area contributed by atoms with E-state index in [0.717, 1.165) is 36.2 Å². The molecule has 2 aromatic carbocycles. The SMILES string of the molecule is CC(Oc1ccc(Cl)cc1)C(=O)N1CCCC1c1nc2ccccc2[nH]1. The highest BCUT2D eigenvalue weighted by Crippen LogP contribution is 2.32. The van der Waals surface area contributed by atoms with Crippen molar-refractivity contribution in [2.24, 2.45) is 0 Å². The topological polar surface area (TPSA) is 58.2 Å². The van der Waals surface area contributed by atoms with Crippen LogP contribution in [-0.2, 0) is 4.79 Å². The van der Waals surface area contributed by atoms with Crippen molar-refractivity contribution in [1.82, 2.24) is 14.9 Å². The third kappa shape index (κ3) is 3.27. The van der Waals surface area contributed by atoms with E-state index in [9.17, 15) is 4.79 Å². The summed E-state index contributed by atoms with van der Waals surface area (Å²) in [6.45, 7) is 2.50. The van der Waals surface area contributed by atoms with Crippen LogP contribution in [0.5, 0.6) is 5.75 Å². The largest absolute Gasteiger partial charge is 0.481 e. The lowest BCUT2D eigenvalue weighted by Gasteiger charge is -2.26. The number of carbonyl (C=O) groups is 1. The zero-order chi connectivity index (χ0) is 18.1. The van der Waals surface area contributed by atoms with Crippen molar-refractivity contribution >= 4 is 28.5 Å². The van der Waals surface area contributed by atoms with Gasteiger partial charge in [0.25, 0.3) is 5.91 Å². The van der Waals surface area contributed by atoms with Crippen molar-refractivity contribution in [2.45, 2.75) is 31.9 Å². The van der Waals surface area contributed by atoms with Gasteiger partial charge < -0.3 is 14.6 Å². The van der Waals surface area contributed by atoms with Crippen LogP contribution in [0.4, 0.5) is 0 Å². The fourth-order valence-corrected chi connectivity index (χ4v) is 3.57. The number of imidazole rings is 1. The number of rotatable bonds is 4. The average molecular weight is 370 g/mol. The number of nitrogens with one attached hydrogen (secondary N) is 1. The molecule has 26 heavy (non-hydrogen) atoms. The van der Waals surface area contributed by atoms with Crippen LogP contribution in [-0.4, -0.2) is 33.4 Å². The molecule has 0 aliphatic carbocycles. The molecule has 0 spiro atoms. The van der Waals surface area contributed by atoms with Gasteiger partial charge in [0.15, 0.2) is 6.10 Å². The Balaban J connectivity index is 1.51. The van der Waals surface area contributed by atoms with Gasteiger partial charge in [0, 0.05) is 11.6 Å². The van der Waals surface area contributed by atoms with Crippen LogP contribution in [0.25, 0.3) is 11.0 Å². The molecular formula is C20H20ClN3O2. The Morgan fingerprint density at radius 1 is 1.27 bits per heavy atom. The van der Waals surface area contributed by atoms with Gasteiger partial charge in [0.1, 0.15) is 11.6 Å². The zero-order valence-corrected chi connectivity index (χ0v) is 15.2. The fraction of sp³-hybridized carbons (Fsp3) is 0.300. The number of H-pyrrole nitrogens is 1. The first-order valence-electron chi connectivity index (χ1n) is 8.79. The molecule has 1 saturated heterocycles. The maximum Gasteiger partial charge on any atom is 0.263 e. The van der Waals surface area contributed by atoms with Gasteiger partial charge >= 0.3 is 0 Å². The smallest absolute Gasteiger partial charge is 0.263 e. The molecule has 1 aliphatic heterocycles. The number of fused-ring (bicyclic) bond motifs is 1. The van der Waals surface area contributed by atoms with Gasteiger partial charge in [-0.3, -0.25) is 4.79 Å². The number of hydrogen-bond acceptors (Lipinski definition) is 3. The number of nitrogens with zero attached hydrogens (tertiary/aromatic N) is 2. The molecule has 6 heteroatoms. The summed E-state index contributed by atoms with van der Waals surface area (Å²) in [5, 5.41) is 0.640. The number of aromatic amines is 1. The molecule has 2 atom stereocenters. The van der Waals surface area contributed by atoms with E-state index in [1.807, 2.05) is 29.2 Å². The van der Waals surface area contributed by atoms with E-state index in [1.165, 1.54) is 0 Å².